The molecule has 0 aromatic carbocycles. The zero-order chi connectivity index (χ0) is 41.8. The number of carbonyl (C=O) groups is 1. The Balaban J connectivity index is 2.44. The van der Waals surface area contributed by atoms with E-state index in [9.17, 15) is 28.5 Å². The molecular formula is C44H78O12S. The summed E-state index contributed by atoms with van der Waals surface area (Å²) in [6, 6.07) is 0. The minimum Gasteiger partial charge on any atom is -0.457 e. The van der Waals surface area contributed by atoms with Gasteiger partial charge in [0.05, 0.1) is 19.8 Å². The Hall–Kier alpha value is -1.94. The van der Waals surface area contributed by atoms with Crippen LogP contribution in [0.25, 0.3) is 0 Å². The van der Waals surface area contributed by atoms with Crippen LogP contribution in [-0.4, -0.2) is 97.5 Å². The Kier molecular flexibility index (Phi) is 33.5. The number of unbranched alkanes of at least 4 members (excludes halogenated alkanes) is 16. The molecule has 332 valence electrons. The Labute approximate surface area is 345 Å². The molecule has 0 aliphatic carbocycles. The van der Waals surface area contributed by atoms with E-state index in [1.807, 2.05) is 0 Å². The molecular weight excluding hydrogens is 753 g/mol. The summed E-state index contributed by atoms with van der Waals surface area (Å²) in [6.07, 6.45) is 32.9. The molecule has 0 aromatic rings. The number of rotatable bonds is 37. The van der Waals surface area contributed by atoms with Gasteiger partial charge in [0.1, 0.15) is 30.5 Å². The molecule has 57 heavy (non-hydrogen) atoms. The smallest absolute Gasteiger partial charge is 0.397 e. The lowest BCUT2D eigenvalue weighted by Gasteiger charge is -2.41. The molecule has 4 N–H and O–H groups in total. The lowest BCUT2D eigenvalue weighted by atomic mass is 9.99. The second-order valence-corrected chi connectivity index (χ2v) is 15.9. The second-order valence-electron chi connectivity index (χ2n) is 14.9. The fourth-order valence-electron chi connectivity index (χ4n) is 6.39. The van der Waals surface area contributed by atoms with Crippen LogP contribution >= 0.6 is 0 Å². The quantitative estimate of drug-likeness (QED) is 0.0203. The first-order valence-electron chi connectivity index (χ1n) is 21.9. The summed E-state index contributed by atoms with van der Waals surface area (Å²) in [5.41, 5.74) is 0. The van der Waals surface area contributed by atoms with E-state index >= 15 is 0 Å². The van der Waals surface area contributed by atoms with Gasteiger partial charge in [-0.15, -0.1) is 0 Å². The van der Waals surface area contributed by atoms with Gasteiger partial charge in [0.15, 0.2) is 6.29 Å². The second kappa shape index (κ2) is 36.0. The van der Waals surface area contributed by atoms with Gasteiger partial charge in [0, 0.05) is 13.0 Å². The van der Waals surface area contributed by atoms with Gasteiger partial charge in [0.2, 0.25) is 0 Å². The minimum absolute atomic E-state index is 0.0263. The highest BCUT2D eigenvalue weighted by atomic mass is 32.3. The largest absolute Gasteiger partial charge is 0.457 e. The zero-order valence-corrected chi connectivity index (χ0v) is 36.0. The van der Waals surface area contributed by atoms with Crippen LogP contribution in [0.2, 0.25) is 0 Å². The lowest BCUT2D eigenvalue weighted by Crippen LogP contribution is -2.60. The van der Waals surface area contributed by atoms with Crippen molar-refractivity contribution in [2.45, 2.75) is 198 Å². The summed E-state index contributed by atoms with van der Waals surface area (Å²) < 4.78 is 59.0. The van der Waals surface area contributed by atoms with E-state index in [0.29, 0.717) is 13.0 Å². The predicted molar refractivity (Wildman–Crippen MR) is 225 cm³/mol. The van der Waals surface area contributed by atoms with Crippen molar-refractivity contribution in [2.24, 2.45) is 0 Å². The topological polar surface area (TPSA) is 178 Å². The lowest BCUT2D eigenvalue weighted by molar-refractivity contribution is -0.301. The van der Waals surface area contributed by atoms with Crippen molar-refractivity contribution in [1.82, 2.24) is 0 Å². The molecule has 1 aliphatic rings. The Morgan fingerprint density at radius 1 is 0.684 bits per heavy atom. The summed E-state index contributed by atoms with van der Waals surface area (Å²) in [4.78, 5) is 12.8. The predicted octanol–water partition coefficient (Wildman–Crippen LogP) is 8.80. The first kappa shape index (κ1) is 53.1. The standard InChI is InChI=1S/C44H78O12S/c1-3-5-7-9-11-13-15-17-18-19-20-21-22-24-26-28-30-32-34-52-36-38(54-40(46)33-31-29-27-25-23-16-14-12-10-8-6-4-2)37-53-44-42(48)43(56-57(49,50)51)41(47)39(35-45)55-44/h5,7,11-14,17-18,38-39,41-45,47-48H,3-4,6,8-10,15-16,19-37H2,1-2H3,(H,49,50,51)/b7-5-,13-11-,14-12-,18-17-. The van der Waals surface area contributed by atoms with Gasteiger partial charge in [-0.2, -0.15) is 8.42 Å². The van der Waals surface area contributed by atoms with Crippen LogP contribution in [-0.2, 0) is 38.3 Å². The highest BCUT2D eigenvalue weighted by molar-refractivity contribution is 7.80. The average molecular weight is 831 g/mol. The van der Waals surface area contributed by atoms with Crippen molar-refractivity contribution in [3.63, 3.8) is 0 Å². The van der Waals surface area contributed by atoms with Crippen LogP contribution in [0.3, 0.4) is 0 Å². The van der Waals surface area contributed by atoms with Crippen LogP contribution in [0.4, 0.5) is 0 Å². The SMILES string of the molecule is CC/C=C\C/C=C\C/C=C\CCCCCCCCCCOCC(COC1OC(CO)C(O)C(OS(=O)(=O)O)C1O)OC(=O)CCCCCCC/C=C\CCCCC. The summed E-state index contributed by atoms with van der Waals surface area (Å²) >= 11 is 0. The van der Waals surface area contributed by atoms with E-state index < -0.39 is 59.8 Å². The maximum Gasteiger partial charge on any atom is 0.397 e. The van der Waals surface area contributed by atoms with Crippen LogP contribution in [0, 0.1) is 0 Å². The molecule has 1 saturated heterocycles. The van der Waals surface area contributed by atoms with Crippen molar-refractivity contribution in [3.8, 4) is 0 Å². The van der Waals surface area contributed by atoms with Crippen molar-refractivity contribution in [2.75, 3.05) is 26.4 Å². The first-order valence-corrected chi connectivity index (χ1v) is 23.3. The average Bonchev–Trinajstić information content (AvgIpc) is 3.18. The van der Waals surface area contributed by atoms with Crippen LogP contribution in [0.5, 0.6) is 0 Å². The van der Waals surface area contributed by atoms with Crippen LogP contribution in [0.15, 0.2) is 48.6 Å². The number of aliphatic hydroxyl groups is 3. The number of aliphatic hydroxyl groups excluding tert-OH is 3. The van der Waals surface area contributed by atoms with Gasteiger partial charge in [0.25, 0.3) is 0 Å². The Bertz CT molecular complexity index is 1190. The van der Waals surface area contributed by atoms with Gasteiger partial charge < -0.3 is 34.3 Å². The Morgan fingerprint density at radius 3 is 1.79 bits per heavy atom. The molecule has 0 spiro atoms. The number of esters is 1. The molecule has 0 bridgehead atoms. The monoisotopic (exact) mass is 831 g/mol. The Morgan fingerprint density at radius 2 is 1.21 bits per heavy atom. The molecule has 13 heteroatoms. The highest BCUT2D eigenvalue weighted by Crippen LogP contribution is 2.26. The first-order chi connectivity index (χ1) is 27.6. The number of hydrogen-bond donors (Lipinski definition) is 4. The summed E-state index contributed by atoms with van der Waals surface area (Å²) in [5.74, 6) is -0.414. The highest BCUT2D eigenvalue weighted by Gasteiger charge is 2.48. The molecule has 12 nitrogen and oxygen atoms in total. The third-order valence-corrected chi connectivity index (χ3v) is 10.2. The molecule has 1 rings (SSSR count). The molecule has 0 amide bonds. The van der Waals surface area contributed by atoms with E-state index in [-0.39, 0.29) is 19.6 Å². The maximum atomic E-state index is 12.8. The van der Waals surface area contributed by atoms with E-state index in [2.05, 4.69) is 66.6 Å². The molecule has 0 saturated carbocycles. The van der Waals surface area contributed by atoms with E-state index in [1.165, 1.54) is 51.4 Å². The third-order valence-electron chi connectivity index (χ3n) is 9.68. The molecule has 0 aromatic heterocycles. The summed E-state index contributed by atoms with van der Waals surface area (Å²) in [6.45, 7) is 3.81. The molecule has 6 unspecified atom stereocenters. The summed E-state index contributed by atoms with van der Waals surface area (Å²) in [7, 11) is -5.06. The van der Waals surface area contributed by atoms with E-state index in [1.54, 1.807) is 0 Å². The number of hydrogen-bond acceptors (Lipinski definition) is 11. The van der Waals surface area contributed by atoms with Crippen LogP contribution in [0.1, 0.15) is 162 Å². The van der Waals surface area contributed by atoms with Crippen LogP contribution < -0.4 is 0 Å². The van der Waals surface area contributed by atoms with E-state index in [4.69, 9.17) is 23.5 Å². The number of ether oxygens (including phenoxy) is 4. The van der Waals surface area contributed by atoms with Crippen molar-refractivity contribution in [3.05, 3.63) is 48.6 Å². The van der Waals surface area contributed by atoms with Crippen molar-refractivity contribution < 1.29 is 56.2 Å². The van der Waals surface area contributed by atoms with Crippen molar-refractivity contribution in [1.29, 1.82) is 0 Å². The zero-order valence-electron chi connectivity index (χ0n) is 35.1. The number of carbonyl (C=O) groups excluding carboxylic acids is 1. The molecule has 1 heterocycles. The van der Waals surface area contributed by atoms with Gasteiger partial charge in [-0.25, -0.2) is 4.18 Å². The fraction of sp³-hybridized carbons (Fsp3) is 0.795. The van der Waals surface area contributed by atoms with Crippen molar-refractivity contribution >= 4 is 16.4 Å². The summed E-state index contributed by atoms with van der Waals surface area (Å²) in [5, 5.41) is 30.6. The third kappa shape index (κ3) is 29.8. The van der Waals surface area contributed by atoms with Gasteiger partial charge in [-0.05, 0) is 70.6 Å². The van der Waals surface area contributed by atoms with Gasteiger partial charge in [-0.1, -0.05) is 133 Å². The maximum absolute atomic E-state index is 12.8. The fourth-order valence-corrected chi connectivity index (χ4v) is 6.89. The molecule has 1 aliphatic heterocycles. The molecule has 0 radical (unpaired) electrons. The normalized spacial score (nSPS) is 21.1. The molecule has 6 atom stereocenters. The number of allylic oxidation sites excluding steroid dienone is 8. The van der Waals surface area contributed by atoms with E-state index in [0.717, 1.165) is 83.5 Å². The molecule has 1 fully saturated rings. The van der Waals surface area contributed by atoms with Gasteiger partial charge >= 0.3 is 16.4 Å². The van der Waals surface area contributed by atoms with Gasteiger partial charge in [-0.3, -0.25) is 9.35 Å². The minimum atomic E-state index is -5.06.